The molecule has 1 heterocycles. The Balaban J connectivity index is 2.39. The lowest BCUT2D eigenvalue weighted by molar-refractivity contribution is 0.582. The average Bonchev–Trinajstić information content (AvgIpc) is 2.64. The fourth-order valence-electron chi connectivity index (χ4n) is 1.46. The summed E-state index contributed by atoms with van der Waals surface area (Å²) in [7, 11) is -2.48. The van der Waals surface area contributed by atoms with E-state index in [-0.39, 0.29) is 20.2 Å². The van der Waals surface area contributed by atoms with E-state index >= 15 is 0 Å². The Hall–Kier alpha value is -1.12. The number of sulfonamides is 1. The Labute approximate surface area is 122 Å². The first-order valence-corrected chi connectivity index (χ1v) is 7.62. The standard InChI is InChI=1S/C10H8BrClFN3O2S/c1-16-10(8(12)5-14-16)19(17,18)15-6-2-3-7(11)9(13)4-6/h2-5,15H,1H3. The van der Waals surface area contributed by atoms with Crippen LogP contribution in [0.4, 0.5) is 10.1 Å². The molecule has 0 bridgehead atoms. The van der Waals surface area contributed by atoms with Crippen LogP contribution in [0.15, 0.2) is 33.9 Å². The summed E-state index contributed by atoms with van der Waals surface area (Å²) in [5.74, 6) is -0.573. The summed E-state index contributed by atoms with van der Waals surface area (Å²) in [5.41, 5.74) is 0.0953. The number of hydrogen-bond donors (Lipinski definition) is 1. The summed E-state index contributed by atoms with van der Waals surface area (Å²) in [5, 5.41) is 3.55. The molecule has 0 saturated carbocycles. The zero-order valence-electron chi connectivity index (χ0n) is 9.56. The smallest absolute Gasteiger partial charge is 0.278 e. The molecule has 0 atom stereocenters. The summed E-state index contributed by atoms with van der Waals surface area (Å²) >= 11 is 8.75. The normalized spacial score (nSPS) is 11.6. The van der Waals surface area contributed by atoms with Crippen LogP contribution < -0.4 is 4.72 Å². The highest BCUT2D eigenvalue weighted by molar-refractivity contribution is 9.10. The molecule has 5 nitrogen and oxygen atoms in total. The van der Waals surface area contributed by atoms with Gasteiger partial charge < -0.3 is 0 Å². The second-order valence-corrected chi connectivity index (χ2v) is 6.51. The molecule has 0 fully saturated rings. The minimum absolute atomic E-state index is 0.00687. The second-order valence-electron chi connectivity index (χ2n) is 3.66. The Morgan fingerprint density at radius 3 is 2.68 bits per heavy atom. The van der Waals surface area contributed by atoms with E-state index in [4.69, 9.17) is 11.6 Å². The first-order valence-electron chi connectivity index (χ1n) is 4.96. The molecule has 2 rings (SSSR count). The van der Waals surface area contributed by atoms with Crippen molar-refractivity contribution in [3.63, 3.8) is 0 Å². The van der Waals surface area contributed by atoms with E-state index in [0.717, 1.165) is 10.7 Å². The second kappa shape index (κ2) is 5.10. The maximum atomic E-state index is 13.3. The van der Waals surface area contributed by atoms with Gasteiger partial charge in [-0.2, -0.15) is 13.5 Å². The van der Waals surface area contributed by atoms with Gasteiger partial charge in [0.1, 0.15) is 5.82 Å². The Bertz CT molecular complexity index is 713. The molecule has 2 aromatic rings. The van der Waals surface area contributed by atoms with Crippen LogP contribution in [0.25, 0.3) is 0 Å². The van der Waals surface area contributed by atoms with E-state index in [1.807, 2.05) is 0 Å². The van der Waals surface area contributed by atoms with Crippen molar-refractivity contribution in [2.45, 2.75) is 5.03 Å². The van der Waals surface area contributed by atoms with E-state index in [0.29, 0.717) is 0 Å². The minimum Gasteiger partial charge on any atom is -0.278 e. The van der Waals surface area contributed by atoms with Crippen molar-refractivity contribution in [2.75, 3.05) is 4.72 Å². The monoisotopic (exact) mass is 367 g/mol. The van der Waals surface area contributed by atoms with Gasteiger partial charge in [-0.05, 0) is 34.1 Å². The molecule has 9 heteroatoms. The van der Waals surface area contributed by atoms with Crippen LogP contribution in [0.5, 0.6) is 0 Å². The third-order valence-corrected chi connectivity index (χ3v) is 4.80. The van der Waals surface area contributed by atoms with Crippen LogP contribution in [0.2, 0.25) is 5.02 Å². The zero-order valence-corrected chi connectivity index (χ0v) is 12.7. The van der Waals surface area contributed by atoms with Crippen LogP contribution in [0, 0.1) is 5.82 Å². The molecule has 1 N–H and O–H groups in total. The maximum Gasteiger partial charge on any atom is 0.280 e. The molecular formula is C10H8BrClFN3O2S. The largest absolute Gasteiger partial charge is 0.280 e. The van der Waals surface area contributed by atoms with Gasteiger partial charge in [0.05, 0.1) is 21.4 Å². The van der Waals surface area contributed by atoms with E-state index in [9.17, 15) is 12.8 Å². The van der Waals surface area contributed by atoms with Gasteiger partial charge in [0.15, 0.2) is 5.03 Å². The molecule has 1 aromatic heterocycles. The van der Waals surface area contributed by atoms with Crippen LogP contribution >= 0.6 is 27.5 Å². The quantitative estimate of drug-likeness (QED) is 0.906. The summed E-state index contributed by atoms with van der Waals surface area (Å²) in [6.07, 6.45) is 1.22. The summed E-state index contributed by atoms with van der Waals surface area (Å²) in [6.45, 7) is 0. The third kappa shape index (κ3) is 2.90. The predicted molar refractivity (Wildman–Crippen MR) is 73.1 cm³/mol. The summed E-state index contributed by atoms with van der Waals surface area (Å²) < 4.78 is 41.2. The lowest BCUT2D eigenvalue weighted by atomic mass is 10.3. The molecule has 0 aliphatic carbocycles. The molecule has 102 valence electrons. The van der Waals surface area contributed by atoms with Gasteiger partial charge in [-0.25, -0.2) is 4.39 Å². The van der Waals surface area contributed by atoms with E-state index in [2.05, 4.69) is 25.8 Å². The molecule has 0 aliphatic rings. The highest BCUT2D eigenvalue weighted by Gasteiger charge is 2.23. The summed E-state index contributed by atoms with van der Waals surface area (Å²) in [6, 6.07) is 3.89. The fraction of sp³-hybridized carbons (Fsp3) is 0.100. The van der Waals surface area contributed by atoms with Gasteiger partial charge in [-0.3, -0.25) is 9.40 Å². The molecule has 0 unspecified atom stereocenters. The molecule has 0 amide bonds. The van der Waals surface area contributed by atoms with Crippen LogP contribution in [0.1, 0.15) is 0 Å². The molecule has 19 heavy (non-hydrogen) atoms. The minimum atomic E-state index is -3.92. The highest BCUT2D eigenvalue weighted by atomic mass is 79.9. The average molecular weight is 369 g/mol. The first-order chi connectivity index (χ1) is 8.81. The molecule has 0 saturated heterocycles. The van der Waals surface area contributed by atoms with Crippen molar-refractivity contribution in [3.8, 4) is 0 Å². The van der Waals surface area contributed by atoms with E-state index < -0.39 is 15.8 Å². The predicted octanol–water partition coefficient (Wildman–Crippen LogP) is 2.78. The van der Waals surface area contributed by atoms with Crippen molar-refractivity contribution >= 4 is 43.2 Å². The van der Waals surface area contributed by atoms with Gasteiger partial charge in [0.25, 0.3) is 10.0 Å². The Morgan fingerprint density at radius 2 is 2.16 bits per heavy atom. The van der Waals surface area contributed by atoms with Crippen molar-refractivity contribution < 1.29 is 12.8 Å². The molecule has 0 aliphatic heterocycles. The van der Waals surface area contributed by atoms with E-state index in [1.54, 1.807) is 0 Å². The molecule has 1 aromatic carbocycles. The van der Waals surface area contributed by atoms with Gasteiger partial charge in [0, 0.05) is 7.05 Å². The number of rotatable bonds is 3. The van der Waals surface area contributed by atoms with Gasteiger partial charge >= 0.3 is 0 Å². The number of aromatic nitrogens is 2. The lowest BCUT2D eigenvalue weighted by Crippen LogP contribution is -2.17. The fourth-order valence-corrected chi connectivity index (χ4v) is 3.42. The van der Waals surface area contributed by atoms with Crippen molar-refractivity contribution in [1.82, 2.24) is 9.78 Å². The molecule has 0 spiro atoms. The number of nitrogens with one attached hydrogen (secondary N) is 1. The maximum absolute atomic E-state index is 13.3. The van der Waals surface area contributed by atoms with Crippen molar-refractivity contribution in [2.24, 2.45) is 7.05 Å². The number of hydrogen-bond acceptors (Lipinski definition) is 3. The zero-order chi connectivity index (χ0) is 14.2. The third-order valence-electron chi connectivity index (χ3n) is 2.27. The van der Waals surface area contributed by atoms with Crippen molar-refractivity contribution in [3.05, 3.63) is 39.7 Å². The van der Waals surface area contributed by atoms with E-state index in [1.165, 1.54) is 25.4 Å². The number of halogens is 3. The van der Waals surface area contributed by atoms with Crippen LogP contribution in [-0.2, 0) is 17.1 Å². The Kier molecular flexibility index (Phi) is 3.84. The Morgan fingerprint density at radius 1 is 1.47 bits per heavy atom. The SMILES string of the molecule is Cn1ncc(Cl)c1S(=O)(=O)Nc1ccc(Br)c(F)c1. The van der Waals surface area contributed by atoms with Crippen molar-refractivity contribution in [1.29, 1.82) is 0 Å². The molecular weight excluding hydrogens is 361 g/mol. The number of aryl methyl sites for hydroxylation is 1. The molecule has 0 radical (unpaired) electrons. The number of anilines is 1. The van der Waals surface area contributed by atoms with Gasteiger partial charge in [-0.15, -0.1) is 0 Å². The van der Waals surface area contributed by atoms with Crippen LogP contribution in [-0.4, -0.2) is 18.2 Å². The summed E-state index contributed by atoms with van der Waals surface area (Å²) in [4.78, 5) is 0. The van der Waals surface area contributed by atoms with Gasteiger partial charge in [0.2, 0.25) is 0 Å². The highest BCUT2D eigenvalue weighted by Crippen LogP contribution is 2.24. The lowest BCUT2D eigenvalue weighted by Gasteiger charge is -2.09. The number of benzene rings is 1. The topological polar surface area (TPSA) is 64.0 Å². The first kappa shape index (κ1) is 14.3. The van der Waals surface area contributed by atoms with Crippen LogP contribution in [0.3, 0.4) is 0 Å². The van der Waals surface area contributed by atoms with Gasteiger partial charge in [-0.1, -0.05) is 11.6 Å². The number of nitrogens with zero attached hydrogens (tertiary/aromatic N) is 2.